The van der Waals surface area contributed by atoms with Gasteiger partial charge < -0.3 is 9.80 Å². The van der Waals surface area contributed by atoms with E-state index in [4.69, 9.17) is 0 Å². The number of hydrogen-bond donors (Lipinski definition) is 1. The van der Waals surface area contributed by atoms with Gasteiger partial charge in [-0.15, -0.1) is 10.2 Å². The van der Waals surface area contributed by atoms with E-state index >= 15 is 0 Å². The van der Waals surface area contributed by atoms with Gasteiger partial charge in [0.15, 0.2) is 0 Å². The van der Waals surface area contributed by atoms with Gasteiger partial charge in [0.25, 0.3) is 5.91 Å². The summed E-state index contributed by atoms with van der Waals surface area (Å²) in [6.45, 7) is 1.70. The first-order valence-electron chi connectivity index (χ1n) is 8.89. The highest BCUT2D eigenvalue weighted by molar-refractivity contribution is 5.95. The number of hydrogen-bond acceptors (Lipinski definition) is 5. The van der Waals surface area contributed by atoms with E-state index in [1.54, 1.807) is 4.90 Å². The fourth-order valence-corrected chi connectivity index (χ4v) is 2.87. The molecule has 1 N–H and O–H groups in total. The average molecular weight is 364 g/mol. The van der Waals surface area contributed by atoms with Crippen molar-refractivity contribution in [3.05, 3.63) is 54.1 Å². The van der Waals surface area contributed by atoms with Gasteiger partial charge in [-0.05, 0) is 55.5 Å². The third-order valence-corrected chi connectivity index (χ3v) is 4.38. The second-order valence-corrected chi connectivity index (χ2v) is 6.78. The first-order chi connectivity index (χ1) is 13.0. The van der Waals surface area contributed by atoms with Crippen LogP contribution in [0.15, 0.2) is 48.5 Å². The van der Waals surface area contributed by atoms with Crippen molar-refractivity contribution in [3.8, 4) is 22.5 Å². The van der Waals surface area contributed by atoms with Crippen LogP contribution in [0.3, 0.4) is 0 Å². The van der Waals surface area contributed by atoms with Crippen LogP contribution in [0.5, 0.6) is 0 Å². The Kier molecular flexibility index (Phi) is 5.93. The Morgan fingerprint density at radius 3 is 2.37 bits per heavy atom. The number of tetrazole rings is 1. The quantitative estimate of drug-likeness (QED) is 0.697. The highest BCUT2D eigenvalue weighted by Crippen LogP contribution is 2.24. The van der Waals surface area contributed by atoms with Crippen LogP contribution in [0.1, 0.15) is 16.8 Å². The molecule has 1 heterocycles. The lowest BCUT2D eigenvalue weighted by Crippen LogP contribution is -2.29. The van der Waals surface area contributed by atoms with Crippen LogP contribution in [-0.2, 0) is 0 Å². The van der Waals surface area contributed by atoms with Gasteiger partial charge in [0.1, 0.15) is 0 Å². The topological polar surface area (TPSA) is 78.0 Å². The number of carbonyl (C=O) groups is 1. The van der Waals surface area contributed by atoms with Crippen molar-refractivity contribution >= 4 is 5.91 Å². The summed E-state index contributed by atoms with van der Waals surface area (Å²) < 4.78 is 0. The predicted molar refractivity (Wildman–Crippen MR) is 105 cm³/mol. The van der Waals surface area contributed by atoms with Crippen molar-refractivity contribution in [2.45, 2.75) is 6.42 Å². The Hall–Kier alpha value is -3.06. The normalized spacial score (nSPS) is 11.0. The lowest BCUT2D eigenvalue weighted by Gasteiger charge is -2.19. The van der Waals surface area contributed by atoms with E-state index in [2.05, 4.69) is 25.5 Å². The molecule has 140 valence electrons. The Labute approximate surface area is 159 Å². The van der Waals surface area contributed by atoms with Crippen molar-refractivity contribution < 1.29 is 4.79 Å². The number of amides is 1. The molecular weight excluding hydrogens is 340 g/mol. The molecule has 2 aromatic carbocycles. The molecule has 0 atom stereocenters. The molecule has 0 unspecified atom stereocenters. The molecule has 0 aliphatic rings. The molecule has 0 bridgehead atoms. The van der Waals surface area contributed by atoms with Crippen LogP contribution in [0.25, 0.3) is 22.5 Å². The molecular formula is C20H24N6O. The van der Waals surface area contributed by atoms with E-state index in [0.29, 0.717) is 11.4 Å². The van der Waals surface area contributed by atoms with Gasteiger partial charge in [-0.3, -0.25) is 4.79 Å². The molecule has 0 saturated carbocycles. The number of aromatic nitrogens is 4. The maximum absolute atomic E-state index is 12.7. The predicted octanol–water partition coefficient (Wildman–Crippen LogP) is 2.56. The molecule has 7 nitrogen and oxygen atoms in total. The van der Waals surface area contributed by atoms with Crippen molar-refractivity contribution in [1.82, 2.24) is 30.4 Å². The van der Waals surface area contributed by atoms with Gasteiger partial charge in [0.2, 0.25) is 5.82 Å². The highest BCUT2D eigenvalue weighted by atomic mass is 16.2. The van der Waals surface area contributed by atoms with E-state index in [0.717, 1.165) is 36.2 Å². The molecule has 3 aromatic rings. The van der Waals surface area contributed by atoms with Crippen molar-refractivity contribution in [2.75, 3.05) is 34.2 Å². The summed E-state index contributed by atoms with van der Waals surface area (Å²) in [5.74, 6) is 0.601. The standard InChI is InChI=1S/C20H24N6O/c1-25(2)12-5-13-26(3)20(27)18-7-4-6-17(14-18)15-8-10-16(11-9-15)19-21-23-24-22-19/h4,6-11,14H,5,12-13H2,1-3H3,(H,21,22,23,24). The van der Waals surface area contributed by atoms with E-state index < -0.39 is 0 Å². The van der Waals surface area contributed by atoms with Crippen LogP contribution in [0.4, 0.5) is 0 Å². The van der Waals surface area contributed by atoms with Gasteiger partial charge in [0.05, 0.1) is 0 Å². The van der Waals surface area contributed by atoms with E-state index in [-0.39, 0.29) is 5.91 Å². The minimum Gasteiger partial charge on any atom is -0.342 e. The molecule has 27 heavy (non-hydrogen) atoms. The lowest BCUT2D eigenvalue weighted by atomic mass is 10.0. The van der Waals surface area contributed by atoms with E-state index in [9.17, 15) is 4.79 Å². The minimum atomic E-state index is 0.0408. The summed E-state index contributed by atoms with van der Waals surface area (Å²) in [5, 5.41) is 14.0. The fraction of sp³-hybridized carbons (Fsp3) is 0.300. The highest BCUT2D eigenvalue weighted by Gasteiger charge is 2.12. The van der Waals surface area contributed by atoms with Crippen LogP contribution >= 0.6 is 0 Å². The summed E-state index contributed by atoms with van der Waals surface area (Å²) in [7, 11) is 5.93. The number of aromatic amines is 1. The molecule has 0 fully saturated rings. The summed E-state index contributed by atoms with van der Waals surface area (Å²) in [6.07, 6.45) is 0.951. The Morgan fingerprint density at radius 2 is 1.70 bits per heavy atom. The van der Waals surface area contributed by atoms with Crippen LogP contribution in [0, 0.1) is 0 Å². The van der Waals surface area contributed by atoms with Crippen LogP contribution in [0.2, 0.25) is 0 Å². The minimum absolute atomic E-state index is 0.0408. The zero-order chi connectivity index (χ0) is 19.2. The third kappa shape index (κ3) is 4.77. The maximum Gasteiger partial charge on any atom is 0.253 e. The second-order valence-electron chi connectivity index (χ2n) is 6.78. The van der Waals surface area contributed by atoms with Gasteiger partial charge in [0, 0.05) is 24.7 Å². The number of carbonyl (C=O) groups excluding carboxylic acids is 1. The SMILES string of the molecule is CN(C)CCCN(C)C(=O)c1cccc(-c2ccc(-c3nn[nH]n3)cc2)c1. The van der Waals surface area contributed by atoms with Gasteiger partial charge in [-0.2, -0.15) is 5.21 Å². The molecule has 3 rings (SSSR count). The number of H-pyrrole nitrogens is 1. The van der Waals surface area contributed by atoms with Gasteiger partial charge in [-0.25, -0.2) is 0 Å². The molecule has 7 heteroatoms. The molecule has 0 radical (unpaired) electrons. The molecule has 0 spiro atoms. The molecule has 1 amide bonds. The number of benzene rings is 2. The smallest absolute Gasteiger partial charge is 0.253 e. The van der Waals surface area contributed by atoms with Crippen LogP contribution in [-0.4, -0.2) is 70.6 Å². The number of rotatable bonds is 7. The summed E-state index contributed by atoms with van der Waals surface area (Å²) in [6, 6.07) is 15.6. The van der Waals surface area contributed by atoms with Gasteiger partial charge in [-0.1, -0.05) is 36.4 Å². The Bertz CT molecular complexity index is 874. The first-order valence-corrected chi connectivity index (χ1v) is 8.89. The first kappa shape index (κ1) is 18.7. The molecule has 0 aliphatic carbocycles. The van der Waals surface area contributed by atoms with E-state index in [1.807, 2.05) is 69.7 Å². The zero-order valence-electron chi connectivity index (χ0n) is 15.9. The van der Waals surface area contributed by atoms with Crippen molar-refractivity contribution in [3.63, 3.8) is 0 Å². The summed E-state index contributed by atoms with van der Waals surface area (Å²) in [4.78, 5) is 16.6. The fourth-order valence-electron chi connectivity index (χ4n) is 2.87. The molecule has 0 saturated heterocycles. The lowest BCUT2D eigenvalue weighted by molar-refractivity contribution is 0.0790. The second kappa shape index (κ2) is 8.55. The van der Waals surface area contributed by atoms with E-state index in [1.165, 1.54) is 0 Å². The zero-order valence-corrected chi connectivity index (χ0v) is 15.9. The number of nitrogens with one attached hydrogen (secondary N) is 1. The summed E-state index contributed by atoms with van der Waals surface area (Å²) >= 11 is 0. The number of nitrogens with zero attached hydrogens (tertiary/aromatic N) is 5. The van der Waals surface area contributed by atoms with Crippen molar-refractivity contribution in [1.29, 1.82) is 0 Å². The monoisotopic (exact) mass is 364 g/mol. The maximum atomic E-state index is 12.7. The third-order valence-electron chi connectivity index (χ3n) is 4.38. The van der Waals surface area contributed by atoms with Crippen LogP contribution < -0.4 is 0 Å². The Morgan fingerprint density at radius 1 is 0.963 bits per heavy atom. The average Bonchev–Trinajstić information content (AvgIpc) is 3.22. The molecule has 1 aromatic heterocycles. The summed E-state index contributed by atoms with van der Waals surface area (Å²) in [5.41, 5.74) is 3.62. The van der Waals surface area contributed by atoms with Crippen molar-refractivity contribution in [2.24, 2.45) is 0 Å². The van der Waals surface area contributed by atoms with Gasteiger partial charge >= 0.3 is 0 Å². The molecule has 0 aliphatic heterocycles. The Balaban J connectivity index is 1.72. The largest absolute Gasteiger partial charge is 0.342 e.